The van der Waals surface area contributed by atoms with Crippen LogP contribution in [-0.4, -0.2) is 45.9 Å². The van der Waals surface area contributed by atoms with Gasteiger partial charge in [0.15, 0.2) is 0 Å². The van der Waals surface area contributed by atoms with Crippen molar-refractivity contribution in [3.8, 4) is 0 Å². The molecule has 0 aromatic heterocycles. The highest BCUT2D eigenvalue weighted by atomic mass is 16.5. The number of ether oxygens (including phenoxy) is 2. The minimum Gasteiger partial charge on any atom is -0.382 e. The first-order chi connectivity index (χ1) is 9.83. The van der Waals surface area contributed by atoms with Crippen molar-refractivity contribution in [1.82, 2.24) is 10.6 Å². The Hall–Kier alpha value is -1.43. The Balaban J connectivity index is 1.79. The third kappa shape index (κ3) is 4.03. The van der Waals surface area contributed by atoms with Crippen LogP contribution in [-0.2, 0) is 20.7 Å². The SMILES string of the molecule is COCCOCCNC(=O)C1NCCc2ccccc21. The van der Waals surface area contributed by atoms with E-state index < -0.39 is 0 Å². The van der Waals surface area contributed by atoms with Gasteiger partial charge in [-0.25, -0.2) is 0 Å². The van der Waals surface area contributed by atoms with E-state index in [9.17, 15) is 4.79 Å². The second-order valence-corrected chi connectivity index (χ2v) is 4.73. The maximum atomic E-state index is 12.2. The summed E-state index contributed by atoms with van der Waals surface area (Å²) in [6.07, 6.45) is 0.972. The van der Waals surface area contributed by atoms with E-state index in [0.29, 0.717) is 26.4 Å². The number of carbonyl (C=O) groups excluding carboxylic acids is 1. The van der Waals surface area contributed by atoms with Crippen LogP contribution < -0.4 is 10.6 Å². The number of methoxy groups -OCH3 is 1. The van der Waals surface area contributed by atoms with Crippen LogP contribution in [0, 0.1) is 0 Å². The van der Waals surface area contributed by atoms with Crippen molar-refractivity contribution in [2.75, 3.05) is 40.0 Å². The molecule has 5 nitrogen and oxygen atoms in total. The number of amides is 1. The Bertz CT molecular complexity index is 437. The van der Waals surface area contributed by atoms with Crippen molar-refractivity contribution in [2.45, 2.75) is 12.5 Å². The molecule has 0 bridgehead atoms. The Morgan fingerprint density at radius 3 is 3.05 bits per heavy atom. The zero-order valence-electron chi connectivity index (χ0n) is 11.9. The lowest BCUT2D eigenvalue weighted by Gasteiger charge is -2.26. The monoisotopic (exact) mass is 278 g/mol. The Labute approximate surface area is 119 Å². The third-order valence-electron chi connectivity index (χ3n) is 3.35. The lowest BCUT2D eigenvalue weighted by atomic mass is 9.94. The van der Waals surface area contributed by atoms with E-state index in [4.69, 9.17) is 9.47 Å². The van der Waals surface area contributed by atoms with Crippen LogP contribution in [0.5, 0.6) is 0 Å². The van der Waals surface area contributed by atoms with Crippen LogP contribution in [0.2, 0.25) is 0 Å². The van der Waals surface area contributed by atoms with Crippen molar-refractivity contribution in [2.24, 2.45) is 0 Å². The first-order valence-corrected chi connectivity index (χ1v) is 6.98. The summed E-state index contributed by atoms with van der Waals surface area (Å²) in [7, 11) is 1.64. The predicted molar refractivity (Wildman–Crippen MR) is 76.6 cm³/mol. The van der Waals surface area contributed by atoms with Crippen LogP contribution >= 0.6 is 0 Å². The Morgan fingerprint density at radius 1 is 1.35 bits per heavy atom. The summed E-state index contributed by atoms with van der Waals surface area (Å²) in [4.78, 5) is 12.2. The fourth-order valence-electron chi connectivity index (χ4n) is 2.33. The number of hydrogen-bond donors (Lipinski definition) is 2. The van der Waals surface area contributed by atoms with Crippen molar-refractivity contribution in [3.05, 3.63) is 35.4 Å². The van der Waals surface area contributed by atoms with Gasteiger partial charge in [-0.15, -0.1) is 0 Å². The van der Waals surface area contributed by atoms with Gasteiger partial charge in [0.25, 0.3) is 0 Å². The molecule has 0 radical (unpaired) electrons. The number of rotatable bonds is 7. The molecule has 20 heavy (non-hydrogen) atoms. The molecular formula is C15H22N2O3. The third-order valence-corrected chi connectivity index (χ3v) is 3.35. The van der Waals surface area contributed by atoms with E-state index in [1.54, 1.807) is 7.11 Å². The van der Waals surface area contributed by atoms with E-state index in [1.807, 2.05) is 18.2 Å². The Kier molecular flexibility index (Phi) is 5.98. The molecule has 1 aliphatic rings. The number of hydrogen-bond acceptors (Lipinski definition) is 4. The summed E-state index contributed by atoms with van der Waals surface area (Å²) in [5, 5.41) is 6.17. The molecule has 2 rings (SSSR count). The average Bonchev–Trinajstić information content (AvgIpc) is 2.50. The van der Waals surface area contributed by atoms with Gasteiger partial charge >= 0.3 is 0 Å². The highest BCUT2D eigenvalue weighted by molar-refractivity contribution is 5.83. The number of nitrogens with one attached hydrogen (secondary N) is 2. The van der Waals surface area contributed by atoms with Gasteiger partial charge in [0, 0.05) is 20.2 Å². The number of fused-ring (bicyclic) bond motifs is 1. The van der Waals surface area contributed by atoms with E-state index >= 15 is 0 Å². The van der Waals surface area contributed by atoms with Gasteiger partial charge in [-0.1, -0.05) is 24.3 Å². The molecule has 1 aromatic carbocycles. The summed E-state index contributed by atoms with van der Waals surface area (Å²) >= 11 is 0. The molecule has 0 saturated carbocycles. The van der Waals surface area contributed by atoms with Gasteiger partial charge in [-0.3, -0.25) is 4.79 Å². The average molecular weight is 278 g/mol. The summed E-state index contributed by atoms with van der Waals surface area (Å²) in [5.41, 5.74) is 2.33. The lowest BCUT2D eigenvalue weighted by Crippen LogP contribution is -2.42. The van der Waals surface area contributed by atoms with Crippen molar-refractivity contribution < 1.29 is 14.3 Å². The summed E-state index contributed by atoms with van der Waals surface area (Å²) in [5.74, 6) is 0.00694. The minimum absolute atomic E-state index is 0.00694. The molecule has 5 heteroatoms. The normalized spacial score (nSPS) is 17.6. The molecule has 0 spiro atoms. The van der Waals surface area contributed by atoms with Crippen LogP contribution in [0.1, 0.15) is 17.2 Å². The van der Waals surface area contributed by atoms with Crippen LogP contribution in [0.15, 0.2) is 24.3 Å². The van der Waals surface area contributed by atoms with E-state index in [2.05, 4.69) is 16.7 Å². The summed E-state index contributed by atoms with van der Waals surface area (Å²) in [6.45, 7) is 2.98. The molecule has 2 N–H and O–H groups in total. The quantitative estimate of drug-likeness (QED) is 0.719. The van der Waals surface area contributed by atoms with Crippen molar-refractivity contribution in [1.29, 1.82) is 0 Å². The van der Waals surface area contributed by atoms with Gasteiger partial charge in [0.05, 0.1) is 19.8 Å². The largest absolute Gasteiger partial charge is 0.382 e. The second kappa shape index (κ2) is 7.99. The zero-order chi connectivity index (χ0) is 14.2. The van der Waals surface area contributed by atoms with Crippen LogP contribution in [0.4, 0.5) is 0 Å². The molecule has 110 valence electrons. The molecule has 0 fully saturated rings. The first-order valence-electron chi connectivity index (χ1n) is 6.98. The minimum atomic E-state index is -0.251. The van der Waals surface area contributed by atoms with Crippen LogP contribution in [0.25, 0.3) is 0 Å². The predicted octanol–water partition coefficient (Wildman–Crippen LogP) is 0.653. The van der Waals surface area contributed by atoms with Gasteiger partial charge in [0.2, 0.25) is 5.91 Å². The molecule has 1 atom stereocenters. The van der Waals surface area contributed by atoms with E-state index in [0.717, 1.165) is 18.5 Å². The lowest BCUT2D eigenvalue weighted by molar-refractivity contribution is -0.123. The van der Waals surface area contributed by atoms with Gasteiger partial charge in [0.1, 0.15) is 6.04 Å². The highest BCUT2D eigenvalue weighted by Crippen LogP contribution is 2.22. The summed E-state index contributed by atoms with van der Waals surface area (Å²) < 4.78 is 10.2. The number of carbonyl (C=O) groups is 1. The number of benzene rings is 1. The second-order valence-electron chi connectivity index (χ2n) is 4.73. The molecule has 1 unspecified atom stereocenters. The Morgan fingerprint density at radius 2 is 2.20 bits per heavy atom. The highest BCUT2D eigenvalue weighted by Gasteiger charge is 2.25. The molecule has 0 saturated heterocycles. The van der Waals surface area contributed by atoms with Gasteiger partial charge in [-0.05, 0) is 17.5 Å². The van der Waals surface area contributed by atoms with E-state index in [1.165, 1.54) is 5.56 Å². The van der Waals surface area contributed by atoms with E-state index in [-0.39, 0.29) is 11.9 Å². The molecular weight excluding hydrogens is 256 g/mol. The molecule has 1 amide bonds. The fourth-order valence-corrected chi connectivity index (χ4v) is 2.33. The van der Waals surface area contributed by atoms with Crippen molar-refractivity contribution in [3.63, 3.8) is 0 Å². The smallest absolute Gasteiger partial charge is 0.241 e. The van der Waals surface area contributed by atoms with Crippen molar-refractivity contribution >= 4 is 5.91 Å². The topological polar surface area (TPSA) is 59.6 Å². The van der Waals surface area contributed by atoms with Gasteiger partial charge < -0.3 is 20.1 Å². The maximum Gasteiger partial charge on any atom is 0.241 e. The molecule has 1 aromatic rings. The maximum absolute atomic E-state index is 12.2. The first kappa shape index (κ1) is 15.0. The molecule has 1 aliphatic heterocycles. The fraction of sp³-hybridized carbons (Fsp3) is 0.533. The van der Waals surface area contributed by atoms with Gasteiger partial charge in [-0.2, -0.15) is 0 Å². The molecule has 1 heterocycles. The van der Waals surface area contributed by atoms with Crippen LogP contribution in [0.3, 0.4) is 0 Å². The standard InChI is InChI=1S/C15H22N2O3/c1-19-10-11-20-9-8-17-15(18)14-13-5-3-2-4-12(13)6-7-16-14/h2-5,14,16H,6-11H2,1H3,(H,17,18). The zero-order valence-corrected chi connectivity index (χ0v) is 11.9. The summed E-state index contributed by atoms with van der Waals surface area (Å²) in [6, 6.07) is 7.84. The molecule has 0 aliphatic carbocycles.